The van der Waals surface area contributed by atoms with Gasteiger partial charge < -0.3 is 0 Å². The normalized spacial score (nSPS) is 15.5. The zero-order chi connectivity index (χ0) is 14.3. The Bertz CT molecular complexity index is 703. The summed E-state index contributed by atoms with van der Waals surface area (Å²) in [6.07, 6.45) is 6.74. The Kier molecular flexibility index (Phi) is 3.21. The highest BCUT2D eigenvalue weighted by Crippen LogP contribution is 2.30. The third-order valence-electron chi connectivity index (χ3n) is 4.17. The molecular weight excluding hydrogens is 270 g/mol. The van der Waals surface area contributed by atoms with Crippen LogP contribution in [-0.4, -0.2) is 12.4 Å². The molecule has 1 aliphatic carbocycles. The van der Waals surface area contributed by atoms with E-state index in [-0.39, 0.29) is 0 Å². The maximum Gasteiger partial charge on any atom is 0.267 e. The van der Waals surface area contributed by atoms with Crippen molar-refractivity contribution >= 4 is 10.0 Å². The molecule has 0 radical (unpaired) electrons. The van der Waals surface area contributed by atoms with Gasteiger partial charge in [0.15, 0.2) is 0 Å². The molecule has 0 atom stereocenters. The first kappa shape index (κ1) is 13.4. The molecule has 4 heteroatoms. The molecule has 1 aromatic heterocycles. The van der Waals surface area contributed by atoms with Gasteiger partial charge in [0.2, 0.25) is 0 Å². The number of fused-ring (bicyclic) bond motifs is 1. The number of aromatic nitrogens is 1. The molecule has 3 rings (SSSR count). The van der Waals surface area contributed by atoms with Gasteiger partial charge >= 0.3 is 0 Å². The topological polar surface area (TPSA) is 39.1 Å². The molecule has 1 aliphatic rings. The second-order valence-corrected chi connectivity index (χ2v) is 7.48. The van der Waals surface area contributed by atoms with E-state index in [0.717, 1.165) is 24.8 Å². The lowest BCUT2D eigenvalue weighted by atomic mass is 10.0. The zero-order valence-electron chi connectivity index (χ0n) is 11.8. The third-order valence-corrected chi connectivity index (χ3v) is 5.80. The predicted octanol–water partition coefficient (Wildman–Crippen LogP) is 3.16. The van der Waals surface area contributed by atoms with Crippen LogP contribution in [0.15, 0.2) is 41.6 Å². The van der Waals surface area contributed by atoms with Crippen molar-refractivity contribution in [2.45, 2.75) is 38.0 Å². The van der Waals surface area contributed by atoms with Crippen molar-refractivity contribution in [1.82, 2.24) is 3.97 Å². The van der Waals surface area contributed by atoms with E-state index in [9.17, 15) is 8.42 Å². The number of hydrogen-bond acceptors (Lipinski definition) is 2. The van der Waals surface area contributed by atoms with E-state index in [0.29, 0.717) is 10.8 Å². The zero-order valence-corrected chi connectivity index (χ0v) is 12.7. The van der Waals surface area contributed by atoms with Crippen molar-refractivity contribution < 1.29 is 8.42 Å². The Hall–Kier alpha value is -1.55. The fourth-order valence-electron chi connectivity index (χ4n) is 2.83. The molecule has 0 N–H and O–H groups in total. The summed E-state index contributed by atoms with van der Waals surface area (Å²) in [6, 6.07) is 7.00. The Morgan fingerprint density at radius 1 is 1.10 bits per heavy atom. The molecule has 0 bridgehead atoms. The summed E-state index contributed by atoms with van der Waals surface area (Å²) in [4.78, 5) is 0.351. The Morgan fingerprint density at radius 2 is 1.65 bits per heavy atom. The predicted molar refractivity (Wildman–Crippen MR) is 79.4 cm³/mol. The van der Waals surface area contributed by atoms with Crippen molar-refractivity contribution in [1.29, 1.82) is 0 Å². The number of benzene rings is 1. The molecular formula is C16H19NO2S. The molecule has 3 nitrogen and oxygen atoms in total. The quantitative estimate of drug-likeness (QED) is 0.870. The number of hydrogen-bond donors (Lipinski definition) is 0. The van der Waals surface area contributed by atoms with E-state index in [1.54, 1.807) is 24.5 Å². The molecule has 2 aromatic rings. The third kappa shape index (κ3) is 2.18. The summed E-state index contributed by atoms with van der Waals surface area (Å²) in [6.45, 7) is 4.14. The van der Waals surface area contributed by atoms with Crippen LogP contribution in [-0.2, 0) is 22.9 Å². The van der Waals surface area contributed by atoms with Crippen LogP contribution in [0, 0.1) is 12.8 Å². The molecule has 0 fully saturated rings. The molecule has 0 aliphatic heterocycles. The lowest BCUT2D eigenvalue weighted by molar-refractivity contribution is 0.539. The van der Waals surface area contributed by atoms with E-state index in [1.165, 1.54) is 15.1 Å². The van der Waals surface area contributed by atoms with E-state index in [1.807, 2.05) is 19.1 Å². The fourth-order valence-corrected chi connectivity index (χ4v) is 4.09. The second kappa shape index (κ2) is 4.77. The lowest BCUT2D eigenvalue weighted by Crippen LogP contribution is -2.11. The summed E-state index contributed by atoms with van der Waals surface area (Å²) < 4.78 is 26.5. The van der Waals surface area contributed by atoms with Crippen molar-refractivity contribution in [3.63, 3.8) is 0 Å². The number of nitrogens with zero attached hydrogens (tertiary/aromatic N) is 1. The SMILES string of the molecule is CCC1Cc2cn(S(=O)(=O)c3ccc(C)cc3)cc2C1. The van der Waals surface area contributed by atoms with Crippen molar-refractivity contribution in [2.75, 3.05) is 0 Å². The Labute approximate surface area is 120 Å². The van der Waals surface area contributed by atoms with Gasteiger partial charge in [0.25, 0.3) is 10.0 Å². The van der Waals surface area contributed by atoms with E-state index in [2.05, 4.69) is 6.92 Å². The molecule has 106 valence electrons. The van der Waals surface area contributed by atoms with Gasteiger partial charge in [0, 0.05) is 12.4 Å². The largest absolute Gasteiger partial charge is 0.267 e. The Morgan fingerprint density at radius 3 is 2.15 bits per heavy atom. The molecule has 0 spiro atoms. The van der Waals surface area contributed by atoms with Crippen LogP contribution in [0.5, 0.6) is 0 Å². The molecule has 0 unspecified atom stereocenters. The van der Waals surface area contributed by atoms with Crippen LogP contribution in [0.3, 0.4) is 0 Å². The smallest absolute Gasteiger partial charge is 0.248 e. The van der Waals surface area contributed by atoms with Crippen molar-refractivity contribution in [3.8, 4) is 0 Å². The number of aryl methyl sites for hydroxylation is 1. The molecule has 1 heterocycles. The van der Waals surface area contributed by atoms with Gasteiger partial charge in [0.05, 0.1) is 4.90 Å². The van der Waals surface area contributed by atoms with Gasteiger partial charge in [0.1, 0.15) is 0 Å². The molecule has 0 saturated heterocycles. The average molecular weight is 289 g/mol. The fraction of sp³-hybridized carbons (Fsp3) is 0.375. The maximum atomic E-state index is 12.6. The summed E-state index contributed by atoms with van der Waals surface area (Å²) >= 11 is 0. The molecule has 0 saturated carbocycles. The van der Waals surface area contributed by atoms with E-state index in [4.69, 9.17) is 0 Å². The standard InChI is InChI=1S/C16H19NO2S/c1-3-13-8-14-10-17(11-15(14)9-13)20(18,19)16-6-4-12(2)5-7-16/h4-7,10-11,13H,3,8-9H2,1-2H3. The van der Waals surface area contributed by atoms with Crippen LogP contribution < -0.4 is 0 Å². The van der Waals surface area contributed by atoms with Crippen LogP contribution >= 0.6 is 0 Å². The summed E-state index contributed by atoms with van der Waals surface area (Å²) in [7, 11) is -3.44. The average Bonchev–Trinajstić information content (AvgIpc) is 2.97. The van der Waals surface area contributed by atoms with Gasteiger partial charge in [-0.2, -0.15) is 0 Å². The van der Waals surface area contributed by atoms with Gasteiger partial charge in [-0.3, -0.25) is 0 Å². The van der Waals surface area contributed by atoms with Gasteiger partial charge in [-0.15, -0.1) is 0 Å². The van der Waals surface area contributed by atoms with Crippen molar-refractivity contribution in [2.24, 2.45) is 5.92 Å². The highest BCUT2D eigenvalue weighted by molar-refractivity contribution is 7.90. The highest BCUT2D eigenvalue weighted by Gasteiger charge is 2.25. The lowest BCUT2D eigenvalue weighted by Gasteiger charge is -2.08. The minimum absolute atomic E-state index is 0.351. The molecule has 20 heavy (non-hydrogen) atoms. The first-order valence-corrected chi connectivity index (χ1v) is 8.46. The van der Waals surface area contributed by atoms with Gasteiger partial charge in [-0.1, -0.05) is 31.0 Å². The molecule has 1 aromatic carbocycles. The second-order valence-electron chi connectivity index (χ2n) is 5.64. The van der Waals surface area contributed by atoms with Gasteiger partial charge in [-0.05, 0) is 48.9 Å². The summed E-state index contributed by atoms with van der Waals surface area (Å²) in [5.74, 6) is 0.678. The first-order valence-electron chi connectivity index (χ1n) is 7.02. The minimum atomic E-state index is -3.44. The Balaban J connectivity index is 1.96. The van der Waals surface area contributed by atoms with Crippen molar-refractivity contribution in [3.05, 3.63) is 53.3 Å². The monoisotopic (exact) mass is 289 g/mol. The highest BCUT2D eigenvalue weighted by atomic mass is 32.2. The van der Waals surface area contributed by atoms with Crippen LogP contribution in [0.4, 0.5) is 0 Å². The van der Waals surface area contributed by atoms with Gasteiger partial charge in [-0.25, -0.2) is 12.4 Å². The van der Waals surface area contributed by atoms with Crippen LogP contribution in [0.2, 0.25) is 0 Å². The van der Waals surface area contributed by atoms with Crippen LogP contribution in [0.25, 0.3) is 0 Å². The minimum Gasteiger partial charge on any atom is -0.248 e. The number of rotatable bonds is 3. The summed E-state index contributed by atoms with van der Waals surface area (Å²) in [5, 5.41) is 0. The maximum absolute atomic E-state index is 12.6. The summed E-state index contributed by atoms with van der Waals surface area (Å²) in [5.41, 5.74) is 3.44. The van der Waals surface area contributed by atoms with E-state index < -0.39 is 10.0 Å². The van der Waals surface area contributed by atoms with Crippen LogP contribution in [0.1, 0.15) is 30.0 Å². The first-order chi connectivity index (χ1) is 9.50. The molecule has 0 amide bonds. The van der Waals surface area contributed by atoms with E-state index >= 15 is 0 Å².